The molecule has 5 rings (SSSR count). The molecular weight excluding hydrogens is 889 g/mol. The summed E-state index contributed by atoms with van der Waals surface area (Å²) in [6.07, 6.45) is 15.9. The minimum absolute atomic E-state index is 0.309. The van der Waals surface area contributed by atoms with Crippen molar-refractivity contribution in [1.29, 1.82) is 0 Å². The summed E-state index contributed by atoms with van der Waals surface area (Å²) < 4.78 is 26.4. The Morgan fingerprint density at radius 3 is 0.793 bits per heavy atom. The van der Waals surface area contributed by atoms with E-state index in [0.717, 1.165) is 139 Å². The molecule has 0 fully saturated rings. The molecule has 0 radical (unpaired) electrons. The highest BCUT2D eigenvalue weighted by Crippen LogP contribution is 2.65. The summed E-state index contributed by atoms with van der Waals surface area (Å²) in [5.74, 6) is -1.87. The zero-order chi connectivity index (χ0) is 41.3. The van der Waals surface area contributed by atoms with Crippen LogP contribution in [-0.2, 0) is 38.1 Å². The third kappa shape index (κ3) is 13.9. The van der Waals surface area contributed by atoms with Gasteiger partial charge in [0.2, 0.25) is 0 Å². The van der Waals surface area contributed by atoms with Crippen LogP contribution in [0.25, 0.3) is 0 Å². The van der Waals surface area contributed by atoms with Crippen LogP contribution in [0.4, 0.5) is 0 Å². The Morgan fingerprint density at radius 2 is 0.569 bits per heavy atom. The number of ether oxygens (including phenoxy) is 4. The van der Waals surface area contributed by atoms with Crippen LogP contribution < -0.4 is 0 Å². The largest absolute Gasteiger partial charge is 0.462 e. The van der Waals surface area contributed by atoms with Crippen LogP contribution in [0.2, 0.25) is 0 Å². The van der Waals surface area contributed by atoms with E-state index in [2.05, 4.69) is 39.8 Å². The van der Waals surface area contributed by atoms with Crippen molar-refractivity contribution in [3.8, 4) is 0 Å². The van der Waals surface area contributed by atoms with E-state index in [1.54, 1.807) is 47.0 Å². The Bertz CT molecular complexity index is 1540. The summed E-state index contributed by atoms with van der Waals surface area (Å²) in [4.78, 5) is 58.9. The number of unbranched alkanes of at least 4 members (excludes halogenated alkanes) is 12. The Kier molecular flexibility index (Phi) is 21.2. The smallest absolute Gasteiger partial charge is 0.346 e. The zero-order valence-electron chi connectivity index (χ0n) is 33.8. The lowest BCUT2D eigenvalue weighted by atomic mass is 10.2. The maximum absolute atomic E-state index is 13.3. The van der Waals surface area contributed by atoms with E-state index in [4.69, 9.17) is 18.9 Å². The molecule has 4 aliphatic rings. The summed E-state index contributed by atoms with van der Waals surface area (Å²) in [6, 6.07) is 4.37. The Balaban J connectivity index is 1.26. The molecular formula is C42H54O8S8. The first-order valence-corrected chi connectivity index (χ1v) is 27.1. The average Bonchev–Trinajstić information content (AvgIpc) is 4.03. The van der Waals surface area contributed by atoms with Crippen LogP contribution in [0, 0.1) is 0 Å². The van der Waals surface area contributed by atoms with Gasteiger partial charge in [-0.3, -0.25) is 0 Å². The lowest BCUT2D eigenvalue weighted by Gasteiger charge is -2.07. The normalized spacial score (nSPS) is 16.1. The van der Waals surface area contributed by atoms with E-state index in [-0.39, 0.29) is 0 Å². The number of hydrogen-bond acceptors (Lipinski definition) is 16. The van der Waals surface area contributed by atoms with Gasteiger partial charge in [0.05, 0.1) is 43.4 Å². The lowest BCUT2D eigenvalue weighted by Crippen LogP contribution is -2.12. The highest BCUT2D eigenvalue weighted by molar-refractivity contribution is 8.34. The van der Waals surface area contributed by atoms with Gasteiger partial charge in [0.1, 0.15) is 19.6 Å². The molecule has 8 nitrogen and oxygen atoms in total. The number of carbonyl (C=O) groups is 4. The topological polar surface area (TPSA) is 105 Å². The number of thioether (sulfide) groups is 8. The van der Waals surface area contributed by atoms with Gasteiger partial charge in [0, 0.05) is 19.6 Å². The number of esters is 4. The van der Waals surface area contributed by atoms with Crippen LogP contribution in [0.5, 0.6) is 0 Å². The van der Waals surface area contributed by atoms with E-state index in [1.165, 1.54) is 47.0 Å². The number of hydrogen-bond donors (Lipinski definition) is 0. The minimum atomic E-state index is -0.468. The van der Waals surface area contributed by atoms with Crippen molar-refractivity contribution in [2.45, 2.75) is 150 Å². The van der Waals surface area contributed by atoms with Crippen molar-refractivity contribution in [3.63, 3.8) is 0 Å². The second-order valence-corrected chi connectivity index (χ2v) is 23.1. The molecule has 1 aromatic carbocycles. The maximum atomic E-state index is 13.3. The molecule has 0 amide bonds. The summed E-state index contributed by atoms with van der Waals surface area (Å²) in [7, 11) is 0. The summed E-state index contributed by atoms with van der Waals surface area (Å²) in [5, 5.41) is 0. The van der Waals surface area contributed by atoms with Gasteiger partial charge in [-0.25, -0.2) is 19.2 Å². The highest BCUT2D eigenvalue weighted by Gasteiger charge is 2.39. The Hall–Kier alpha value is -1.14. The molecule has 0 spiro atoms. The predicted octanol–water partition coefficient (Wildman–Crippen LogP) is 14.2. The molecule has 0 saturated heterocycles. The van der Waals surface area contributed by atoms with Gasteiger partial charge in [0.15, 0.2) is 0 Å². The molecule has 0 N–H and O–H groups in total. The van der Waals surface area contributed by atoms with Gasteiger partial charge in [-0.05, 0) is 37.8 Å². The third-order valence-corrected chi connectivity index (χ3v) is 20.2. The van der Waals surface area contributed by atoms with E-state index in [9.17, 15) is 19.2 Å². The van der Waals surface area contributed by atoms with Gasteiger partial charge in [-0.2, -0.15) is 0 Å². The molecule has 4 heterocycles. The monoisotopic (exact) mass is 942 g/mol. The number of rotatable bonds is 24. The average molecular weight is 943 g/mol. The standard InChI is InChI=1S/C42H54O8S8/c1-5-9-13-17-21-47-35(43)31-32(36(44)48-22-18-14-10-6-2)56-41(55-31)39-51-27-25-29-30(26-28(27)52-39)54-40(53-29)42-57-33(37(45)49-23-19-15-11-7-3)34(58-42)38(46)50-24-20-16-12-8-4/h25-26H,5-24H2,1-4H3. The molecule has 0 aromatic heterocycles. The van der Waals surface area contributed by atoms with E-state index in [0.29, 0.717) is 46.0 Å². The summed E-state index contributed by atoms with van der Waals surface area (Å²) in [5.41, 5.74) is 0. The van der Waals surface area contributed by atoms with E-state index >= 15 is 0 Å². The van der Waals surface area contributed by atoms with Crippen molar-refractivity contribution in [2.24, 2.45) is 0 Å². The Morgan fingerprint density at radius 1 is 0.345 bits per heavy atom. The van der Waals surface area contributed by atoms with Crippen molar-refractivity contribution in [2.75, 3.05) is 26.4 Å². The molecule has 16 heteroatoms. The van der Waals surface area contributed by atoms with Crippen molar-refractivity contribution in [3.05, 3.63) is 48.7 Å². The van der Waals surface area contributed by atoms with Crippen LogP contribution in [0.3, 0.4) is 0 Å². The summed E-state index contributed by atoms with van der Waals surface area (Å²) >= 11 is 11.8. The van der Waals surface area contributed by atoms with Gasteiger partial charge < -0.3 is 18.9 Å². The molecule has 0 atom stereocenters. The van der Waals surface area contributed by atoms with Gasteiger partial charge in [0.25, 0.3) is 0 Å². The molecule has 0 aliphatic carbocycles. The molecule has 318 valence electrons. The zero-order valence-corrected chi connectivity index (χ0v) is 40.4. The van der Waals surface area contributed by atoms with Gasteiger partial charge in [-0.1, -0.05) is 199 Å². The van der Waals surface area contributed by atoms with Crippen LogP contribution in [0.15, 0.2) is 68.3 Å². The predicted molar refractivity (Wildman–Crippen MR) is 249 cm³/mol. The maximum Gasteiger partial charge on any atom is 0.346 e. The molecule has 0 bridgehead atoms. The molecule has 1 aromatic rings. The fourth-order valence-corrected chi connectivity index (χ4v) is 16.5. The van der Waals surface area contributed by atoms with Crippen LogP contribution >= 0.6 is 94.1 Å². The van der Waals surface area contributed by atoms with Crippen molar-refractivity contribution in [1.82, 2.24) is 0 Å². The first kappa shape index (κ1) is 47.9. The molecule has 0 unspecified atom stereocenters. The SMILES string of the molecule is CCCCCCOC(=O)C1=C(C(=O)OCCCCCC)SC(=C2Sc3cc4c(cc3S2)SC(=C2SC(C(=O)OCCCCCC)=C(C(=O)OCCCCCC)S2)S4)S1. The van der Waals surface area contributed by atoms with Crippen LogP contribution in [0.1, 0.15) is 130 Å². The molecule has 4 aliphatic heterocycles. The number of carbonyl (C=O) groups excluding carboxylic acids is 4. The van der Waals surface area contributed by atoms with E-state index < -0.39 is 23.9 Å². The molecule has 58 heavy (non-hydrogen) atoms. The fraction of sp³-hybridized carbons (Fsp3) is 0.571. The van der Waals surface area contributed by atoms with Gasteiger partial charge >= 0.3 is 23.9 Å². The van der Waals surface area contributed by atoms with Crippen molar-refractivity contribution < 1.29 is 38.1 Å². The number of benzene rings is 1. The van der Waals surface area contributed by atoms with Crippen LogP contribution in [-0.4, -0.2) is 50.3 Å². The Labute approximate surface area is 378 Å². The van der Waals surface area contributed by atoms with E-state index in [1.807, 2.05) is 0 Å². The quantitative estimate of drug-likeness (QED) is 0.0557. The first-order valence-electron chi connectivity index (χ1n) is 20.5. The second-order valence-electron chi connectivity index (χ2n) is 13.8. The first-order chi connectivity index (χ1) is 28.3. The fourth-order valence-electron chi connectivity index (χ4n) is 5.79. The number of fused-ring (bicyclic) bond motifs is 2. The van der Waals surface area contributed by atoms with Gasteiger partial charge in [-0.15, -0.1) is 0 Å². The second kappa shape index (κ2) is 25.7. The third-order valence-electron chi connectivity index (χ3n) is 9.01. The van der Waals surface area contributed by atoms with Crippen molar-refractivity contribution >= 4 is 118 Å². The minimum Gasteiger partial charge on any atom is -0.462 e. The molecule has 0 saturated carbocycles. The summed E-state index contributed by atoms with van der Waals surface area (Å²) in [6.45, 7) is 9.88. The lowest BCUT2D eigenvalue weighted by molar-refractivity contribution is -0.141. The highest BCUT2D eigenvalue weighted by atomic mass is 32.2.